The third-order valence-electron chi connectivity index (χ3n) is 6.07. The SMILES string of the molecule is CCCCNC(=O)Nc1cn2c(cc1=O)-c1cc(Cl)c(OCCCOC)cc1CC2CCCC. The van der Waals surface area contributed by atoms with Gasteiger partial charge in [0.25, 0.3) is 0 Å². The molecule has 2 N–H and O–H groups in total. The number of aromatic nitrogens is 1. The summed E-state index contributed by atoms with van der Waals surface area (Å²) in [5.74, 6) is 0.656. The Labute approximate surface area is 206 Å². The number of anilines is 1. The number of rotatable bonds is 12. The first kappa shape index (κ1) is 26.1. The number of unbranched alkanes of at least 4 members (excludes halogenated alkanes) is 2. The third-order valence-corrected chi connectivity index (χ3v) is 6.36. The van der Waals surface area contributed by atoms with Crippen molar-refractivity contribution in [2.24, 2.45) is 0 Å². The molecule has 7 nitrogen and oxygen atoms in total. The smallest absolute Gasteiger partial charge is 0.319 e. The topological polar surface area (TPSA) is 81.6 Å². The van der Waals surface area contributed by atoms with Gasteiger partial charge in [0.2, 0.25) is 5.43 Å². The van der Waals surface area contributed by atoms with Crippen LogP contribution in [0, 0.1) is 0 Å². The van der Waals surface area contributed by atoms with Crippen LogP contribution in [0.2, 0.25) is 5.02 Å². The van der Waals surface area contributed by atoms with Gasteiger partial charge in [-0.1, -0.05) is 44.7 Å². The second kappa shape index (κ2) is 12.8. The molecule has 2 amide bonds. The molecule has 34 heavy (non-hydrogen) atoms. The maximum absolute atomic E-state index is 12.9. The molecular weight excluding hydrogens is 454 g/mol. The van der Waals surface area contributed by atoms with Crippen LogP contribution in [0.5, 0.6) is 5.75 Å². The number of hydrogen-bond donors (Lipinski definition) is 2. The van der Waals surface area contributed by atoms with Crippen molar-refractivity contribution < 1.29 is 14.3 Å². The van der Waals surface area contributed by atoms with Gasteiger partial charge in [-0.25, -0.2) is 4.79 Å². The van der Waals surface area contributed by atoms with E-state index in [0.29, 0.717) is 30.5 Å². The summed E-state index contributed by atoms with van der Waals surface area (Å²) in [4.78, 5) is 25.2. The number of benzene rings is 1. The molecule has 2 heterocycles. The number of carbonyl (C=O) groups is 1. The molecule has 1 unspecified atom stereocenters. The summed E-state index contributed by atoms with van der Waals surface area (Å²) in [6.07, 6.45) is 8.37. The van der Waals surface area contributed by atoms with Gasteiger partial charge in [-0.15, -0.1) is 0 Å². The summed E-state index contributed by atoms with van der Waals surface area (Å²) in [5.41, 5.74) is 2.92. The molecule has 0 fully saturated rings. The van der Waals surface area contributed by atoms with E-state index in [4.69, 9.17) is 21.1 Å². The predicted molar refractivity (Wildman–Crippen MR) is 137 cm³/mol. The molecule has 186 valence electrons. The van der Waals surface area contributed by atoms with Crippen LogP contribution in [-0.2, 0) is 11.2 Å². The number of hydrogen-bond acceptors (Lipinski definition) is 4. The highest BCUT2D eigenvalue weighted by molar-refractivity contribution is 6.32. The van der Waals surface area contributed by atoms with Crippen LogP contribution < -0.4 is 20.8 Å². The van der Waals surface area contributed by atoms with Gasteiger partial charge in [0, 0.05) is 50.6 Å². The molecule has 1 aromatic carbocycles. The minimum absolute atomic E-state index is 0.175. The third kappa shape index (κ3) is 6.54. The normalized spacial score (nSPS) is 14.3. The minimum Gasteiger partial charge on any atom is -0.492 e. The van der Waals surface area contributed by atoms with Crippen LogP contribution in [0.4, 0.5) is 10.5 Å². The number of urea groups is 1. The van der Waals surface area contributed by atoms with Crippen molar-refractivity contribution in [3.05, 3.63) is 45.2 Å². The zero-order chi connectivity index (χ0) is 24.5. The summed E-state index contributed by atoms with van der Waals surface area (Å²) in [7, 11) is 1.67. The fraction of sp³-hybridized carbons (Fsp3) is 0.538. The standard InChI is InChI=1S/C26H36ClN3O4/c1-4-6-9-19-13-18-14-25(34-12-8-11-33-3)21(27)15-20(18)23-16-24(31)22(17-30(19)23)29-26(32)28-10-7-5-2/h14-17,19H,4-13H2,1-3H3,(H2,28,29,32). The van der Waals surface area contributed by atoms with Crippen LogP contribution in [-0.4, -0.2) is 37.5 Å². The lowest BCUT2D eigenvalue weighted by molar-refractivity contribution is 0.172. The summed E-state index contributed by atoms with van der Waals surface area (Å²) in [5, 5.41) is 6.05. The molecule has 0 saturated heterocycles. The quantitative estimate of drug-likeness (QED) is 0.369. The molecule has 0 aliphatic carbocycles. The van der Waals surface area contributed by atoms with Crippen molar-refractivity contribution >= 4 is 23.3 Å². The van der Waals surface area contributed by atoms with Crippen molar-refractivity contribution in [3.63, 3.8) is 0 Å². The highest BCUT2D eigenvalue weighted by Gasteiger charge is 2.26. The highest BCUT2D eigenvalue weighted by atomic mass is 35.5. The van der Waals surface area contributed by atoms with Crippen LogP contribution in [0.1, 0.15) is 64.0 Å². The fourth-order valence-corrected chi connectivity index (χ4v) is 4.46. The number of methoxy groups -OCH3 is 1. The first-order valence-electron chi connectivity index (χ1n) is 12.2. The average molecular weight is 490 g/mol. The van der Waals surface area contributed by atoms with Crippen LogP contribution >= 0.6 is 11.6 Å². The van der Waals surface area contributed by atoms with E-state index in [2.05, 4.69) is 29.0 Å². The lowest BCUT2D eigenvalue weighted by Crippen LogP contribution is -2.32. The van der Waals surface area contributed by atoms with E-state index in [1.165, 1.54) is 0 Å². The van der Waals surface area contributed by atoms with Gasteiger partial charge in [-0.2, -0.15) is 0 Å². The first-order valence-corrected chi connectivity index (χ1v) is 12.6. The van der Waals surface area contributed by atoms with E-state index in [-0.39, 0.29) is 23.2 Å². The Hall–Kier alpha value is -2.51. The van der Waals surface area contributed by atoms with Crippen molar-refractivity contribution in [3.8, 4) is 17.0 Å². The second-order valence-corrected chi connectivity index (χ2v) is 9.12. The summed E-state index contributed by atoms with van der Waals surface area (Å²) in [6.45, 7) is 5.96. The molecule has 1 aliphatic heterocycles. The van der Waals surface area contributed by atoms with E-state index in [1.54, 1.807) is 19.4 Å². The average Bonchev–Trinajstić information content (AvgIpc) is 2.82. The van der Waals surface area contributed by atoms with Crippen molar-refractivity contribution in [2.45, 2.75) is 64.8 Å². The number of fused-ring (bicyclic) bond motifs is 3. The molecule has 0 spiro atoms. The Morgan fingerprint density at radius 3 is 2.68 bits per heavy atom. The van der Waals surface area contributed by atoms with Gasteiger partial charge in [-0.3, -0.25) is 4.79 Å². The van der Waals surface area contributed by atoms with Gasteiger partial charge in [-0.05, 0) is 37.0 Å². The number of carbonyl (C=O) groups excluding carboxylic acids is 1. The van der Waals surface area contributed by atoms with Crippen molar-refractivity contribution in [1.29, 1.82) is 0 Å². The van der Waals surface area contributed by atoms with E-state index >= 15 is 0 Å². The van der Waals surface area contributed by atoms with Crippen LogP contribution in [0.15, 0.2) is 29.2 Å². The molecule has 1 aliphatic rings. The van der Waals surface area contributed by atoms with E-state index in [0.717, 1.165) is 61.8 Å². The largest absolute Gasteiger partial charge is 0.492 e. The Morgan fingerprint density at radius 1 is 1.15 bits per heavy atom. The molecule has 1 atom stereocenters. The van der Waals surface area contributed by atoms with Gasteiger partial charge >= 0.3 is 6.03 Å². The second-order valence-electron chi connectivity index (χ2n) is 8.71. The van der Waals surface area contributed by atoms with E-state index < -0.39 is 0 Å². The number of ether oxygens (including phenoxy) is 2. The Morgan fingerprint density at radius 2 is 1.94 bits per heavy atom. The summed E-state index contributed by atoms with van der Waals surface area (Å²) >= 11 is 6.55. The van der Waals surface area contributed by atoms with Crippen molar-refractivity contribution in [1.82, 2.24) is 9.88 Å². The molecule has 0 saturated carbocycles. The zero-order valence-electron chi connectivity index (χ0n) is 20.4. The van der Waals surface area contributed by atoms with E-state index in [9.17, 15) is 9.59 Å². The Bertz CT molecular complexity index is 1040. The van der Waals surface area contributed by atoms with Gasteiger partial charge in [0.05, 0.1) is 17.3 Å². The highest BCUT2D eigenvalue weighted by Crippen LogP contribution is 2.41. The molecule has 0 radical (unpaired) electrons. The Balaban J connectivity index is 1.92. The molecule has 3 rings (SSSR count). The molecule has 2 aromatic rings. The first-order chi connectivity index (χ1) is 16.5. The maximum atomic E-state index is 12.9. The number of nitrogens with zero attached hydrogens (tertiary/aromatic N) is 1. The van der Waals surface area contributed by atoms with Gasteiger partial charge < -0.3 is 24.7 Å². The molecule has 8 heteroatoms. The monoisotopic (exact) mass is 489 g/mol. The van der Waals surface area contributed by atoms with Crippen LogP contribution in [0.3, 0.4) is 0 Å². The number of nitrogens with one attached hydrogen (secondary N) is 2. The lowest BCUT2D eigenvalue weighted by Gasteiger charge is -2.31. The zero-order valence-corrected chi connectivity index (χ0v) is 21.2. The fourth-order valence-electron chi connectivity index (χ4n) is 4.24. The van der Waals surface area contributed by atoms with Gasteiger partial charge in [0.15, 0.2) is 0 Å². The maximum Gasteiger partial charge on any atom is 0.319 e. The predicted octanol–water partition coefficient (Wildman–Crippen LogP) is 5.79. The molecule has 1 aromatic heterocycles. The van der Waals surface area contributed by atoms with E-state index in [1.807, 2.05) is 12.1 Å². The van der Waals surface area contributed by atoms with Crippen LogP contribution in [0.25, 0.3) is 11.3 Å². The lowest BCUT2D eigenvalue weighted by atomic mass is 9.90. The number of amides is 2. The number of pyridine rings is 1. The molecule has 0 bridgehead atoms. The number of halogens is 1. The summed E-state index contributed by atoms with van der Waals surface area (Å²) in [6, 6.07) is 5.31. The minimum atomic E-state index is -0.356. The Kier molecular flexibility index (Phi) is 9.84. The van der Waals surface area contributed by atoms with Crippen molar-refractivity contribution in [2.75, 3.05) is 32.2 Å². The molecular formula is C26H36ClN3O4. The van der Waals surface area contributed by atoms with Gasteiger partial charge in [0.1, 0.15) is 11.4 Å². The summed E-state index contributed by atoms with van der Waals surface area (Å²) < 4.78 is 13.1.